The first-order valence-corrected chi connectivity index (χ1v) is 12.4. The molecule has 6 nitrogen and oxygen atoms in total. The Morgan fingerprint density at radius 1 is 1.16 bits per heavy atom. The molecule has 1 fully saturated rings. The summed E-state index contributed by atoms with van der Waals surface area (Å²) in [5.74, 6) is -0.485. The van der Waals surface area contributed by atoms with Crippen LogP contribution in [0.5, 0.6) is 5.75 Å². The molecule has 9 heteroatoms. The highest BCUT2D eigenvalue weighted by molar-refractivity contribution is 7.89. The zero-order chi connectivity index (χ0) is 22.9. The van der Waals surface area contributed by atoms with Crippen LogP contribution in [0.25, 0.3) is 11.1 Å². The number of sulfonamides is 1. The van der Waals surface area contributed by atoms with Crippen molar-refractivity contribution in [1.29, 1.82) is 0 Å². The molecule has 0 aliphatic carbocycles. The van der Waals surface area contributed by atoms with Crippen molar-refractivity contribution >= 4 is 15.9 Å². The summed E-state index contributed by atoms with van der Waals surface area (Å²) in [5, 5.41) is 0. The number of carbonyl (C=O) groups is 1. The maximum Gasteiger partial charge on any atom is 0.223 e. The Labute approximate surface area is 186 Å². The SMILES string of the molecule is CCS(=O)(=O)NC1C(F)CN2C(=O)CCCOc3ccccc3-c3cccc(c3F)CC12. The lowest BCUT2D eigenvalue weighted by molar-refractivity contribution is -0.132. The van der Waals surface area contributed by atoms with E-state index in [4.69, 9.17) is 4.74 Å². The van der Waals surface area contributed by atoms with Gasteiger partial charge in [-0.25, -0.2) is 21.9 Å². The largest absolute Gasteiger partial charge is 0.493 e. The predicted octanol–water partition coefficient (Wildman–Crippen LogP) is 3.06. The first-order chi connectivity index (χ1) is 15.3. The number of rotatable bonds is 3. The van der Waals surface area contributed by atoms with Crippen molar-refractivity contribution in [1.82, 2.24) is 9.62 Å². The number of amides is 1. The Hall–Kier alpha value is -2.52. The second-order valence-electron chi connectivity index (χ2n) is 8.11. The number of fused-ring (bicyclic) bond motifs is 5. The van der Waals surface area contributed by atoms with Crippen LogP contribution in [-0.2, 0) is 21.2 Å². The van der Waals surface area contributed by atoms with Gasteiger partial charge in [-0.05, 0) is 31.4 Å². The minimum Gasteiger partial charge on any atom is -0.493 e. The van der Waals surface area contributed by atoms with Gasteiger partial charge in [0.25, 0.3) is 0 Å². The van der Waals surface area contributed by atoms with Crippen molar-refractivity contribution in [3.05, 3.63) is 53.8 Å². The summed E-state index contributed by atoms with van der Waals surface area (Å²) in [6.45, 7) is 1.47. The smallest absolute Gasteiger partial charge is 0.223 e. The highest BCUT2D eigenvalue weighted by Crippen LogP contribution is 2.35. The van der Waals surface area contributed by atoms with Crippen LogP contribution >= 0.6 is 0 Å². The van der Waals surface area contributed by atoms with Crippen LogP contribution in [0.3, 0.4) is 0 Å². The number of benzene rings is 2. The molecule has 3 atom stereocenters. The molecule has 0 aromatic heterocycles. The second-order valence-corrected chi connectivity index (χ2v) is 10.2. The van der Waals surface area contributed by atoms with Crippen molar-refractivity contribution in [2.75, 3.05) is 18.9 Å². The number of hydrogen-bond acceptors (Lipinski definition) is 4. The highest BCUT2D eigenvalue weighted by Gasteiger charge is 2.46. The van der Waals surface area contributed by atoms with Gasteiger partial charge in [0.15, 0.2) is 0 Å². The van der Waals surface area contributed by atoms with E-state index in [2.05, 4.69) is 4.72 Å². The average Bonchev–Trinajstić information content (AvgIpc) is 3.07. The topological polar surface area (TPSA) is 75.7 Å². The lowest BCUT2D eigenvalue weighted by Crippen LogP contribution is -2.50. The molecule has 0 radical (unpaired) electrons. The summed E-state index contributed by atoms with van der Waals surface area (Å²) in [4.78, 5) is 14.3. The number of halogens is 2. The number of nitrogens with one attached hydrogen (secondary N) is 1. The summed E-state index contributed by atoms with van der Waals surface area (Å²) in [6, 6.07) is 10.1. The molecule has 2 aliphatic heterocycles. The third kappa shape index (κ3) is 4.49. The van der Waals surface area contributed by atoms with Crippen molar-refractivity contribution in [2.24, 2.45) is 0 Å². The van der Waals surface area contributed by atoms with Crippen molar-refractivity contribution in [2.45, 2.75) is 44.4 Å². The Morgan fingerprint density at radius 2 is 1.91 bits per heavy atom. The van der Waals surface area contributed by atoms with Gasteiger partial charge in [-0.15, -0.1) is 0 Å². The molecule has 1 N–H and O–H groups in total. The number of hydrogen-bond donors (Lipinski definition) is 1. The molecule has 1 amide bonds. The Balaban J connectivity index is 1.78. The second kappa shape index (κ2) is 9.15. The number of carbonyl (C=O) groups excluding carboxylic acids is 1. The molecule has 2 aliphatic rings. The van der Waals surface area contributed by atoms with Crippen LogP contribution in [0, 0.1) is 5.82 Å². The van der Waals surface area contributed by atoms with Gasteiger partial charge in [0.2, 0.25) is 15.9 Å². The van der Waals surface area contributed by atoms with Gasteiger partial charge in [-0.1, -0.05) is 36.4 Å². The third-order valence-corrected chi connectivity index (χ3v) is 7.46. The van der Waals surface area contributed by atoms with Crippen LogP contribution in [-0.4, -0.2) is 56.4 Å². The first-order valence-electron chi connectivity index (χ1n) is 10.7. The summed E-state index contributed by atoms with van der Waals surface area (Å²) in [5.41, 5.74) is 1.22. The molecule has 1 saturated heterocycles. The standard InChI is InChI=1S/C23H26F2N2O4S/c1-2-32(29,30)26-23-18(24)14-27-19(23)13-15-7-5-9-17(22(15)25)16-8-3-4-10-20(16)31-12-6-11-21(27)28/h3-5,7-10,18-19,23,26H,2,6,11-14H2,1H3. The molecule has 2 bridgehead atoms. The molecule has 4 rings (SSSR count). The normalized spacial score (nSPS) is 23.9. The van der Waals surface area contributed by atoms with E-state index in [0.717, 1.165) is 0 Å². The maximum absolute atomic E-state index is 15.6. The first kappa shape index (κ1) is 22.7. The van der Waals surface area contributed by atoms with Crippen LogP contribution in [0.2, 0.25) is 0 Å². The molecule has 0 saturated carbocycles. The highest BCUT2D eigenvalue weighted by atomic mass is 32.2. The fraction of sp³-hybridized carbons (Fsp3) is 0.435. The number of ether oxygens (including phenoxy) is 1. The average molecular weight is 465 g/mol. The van der Waals surface area contributed by atoms with E-state index in [-0.39, 0.29) is 43.2 Å². The van der Waals surface area contributed by atoms with Crippen molar-refractivity contribution in [3.8, 4) is 16.9 Å². The van der Waals surface area contributed by atoms with E-state index in [1.165, 1.54) is 11.8 Å². The predicted molar refractivity (Wildman–Crippen MR) is 117 cm³/mol. The molecule has 0 spiro atoms. The minimum atomic E-state index is -3.72. The van der Waals surface area contributed by atoms with E-state index in [9.17, 15) is 17.6 Å². The minimum absolute atomic E-state index is 0.00818. The van der Waals surface area contributed by atoms with Crippen LogP contribution < -0.4 is 9.46 Å². The Bertz CT molecular complexity index is 1110. The summed E-state index contributed by atoms with van der Waals surface area (Å²) in [6.07, 6.45) is -1.06. The van der Waals surface area contributed by atoms with Crippen LogP contribution in [0.15, 0.2) is 42.5 Å². The molecule has 172 valence electrons. The molecular formula is C23H26F2N2O4S. The van der Waals surface area contributed by atoms with Crippen molar-refractivity contribution in [3.63, 3.8) is 0 Å². The van der Waals surface area contributed by atoms with E-state index < -0.39 is 34.1 Å². The van der Waals surface area contributed by atoms with Crippen molar-refractivity contribution < 1.29 is 26.7 Å². The van der Waals surface area contributed by atoms with Gasteiger partial charge in [0, 0.05) is 17.5 Å². The zero-order valence-electron chi connectivity index (χ0n) is 17.8. The summed E-state index contributed by atoms with van der Waals surface area (Å²) >= 11 is 0. The Morgan fingerprint density at radius 3 is 2.69 bits per heavy atom. The van der Waals surface area contributed by atoms with Crippen LogP contribution in [0.1, 0.15) is 25.3 Å². The number of para-hydroxylation sites is 1. The van der Waals surface area contributed by atoms with Gasteiger partial charge in [0.05, 0.1) is 31.0 Å². The molecule has 2 aromatic rings. The number of nitrogens with zero attached hydrogens (tertiary/aromatic N) is 1. The van der Waals surface area contributed by atoms with Gasteiger partial charge in [-0.2, -0.15) is 0 Å². The quantitative estimate of drug-likeness (QED) is 0.758. The zero-order valence-corrected chi connectivity index (χ0v) is 18.6. The lowest BCUT2D eigenvalue weighted by atomic mass is 9.95. The van der Waals surface area contributed by atoms with E-state index >= 15 is 4.39 Å². The van der Waals surface area contributed by atoms with Gasteiger partial charge >= 0.3 is 0 Å². The van der Waals surface area contributed by atoms with Gasteiger partial charge < -0.3 is 9.64 Å². The monoisotopic (exact) mass is 464 g/mol. The molecule has 2 aromatic carbocycles. The fourth-order valence-corrected chi connectivity index (χ4v) is 5.26. The summed E-state index contributed by atoms with van der Waals surface area (Å²) in [7, 11) is -3.72. The lowest BCUT2D eigenvalue weighted by Gasteiger charge is -2.28. The van der Waals surface area contributed by atoms with E-state index in [0.29, 0.717) is 23.3 Å². The fourth-order valence-electron chi connectivity index (χ4n) is 4.37. The Kier molecular flexibility index (Phi) is 6.48. The van der Waals surface area contributed by atoms with E-state index in [1.54, 1.807) is 42.5 Å². The molecule has 3 unspecified atom stereocenters. The maximum atomic E-state index is 15.6. The van der Waals surface area contributed by atoms with Gasteiger partial charge in [-0.3, -0.25) is 4.79 Å². The molecule has 2 heterocycles. The third-order valence-electron chi connectivity index (χ3n) is 6.07. The van der Waals surface area contributed by atoms with E-state index in [1.807, 2.05) is 0 Å². The molecule has 32 heavy (non-hydrogen) atoms. The van der Waals surface area contributed by atoms with Gasteiger partial charge in [0.1, 0.15) is 17.7 Å². The van der Waals surface area contributed by atoms with Crippen LogP contribution in [0.4, 0.5) is 8.78 Å². The summed E-state index contributed by atoms with van der Waals surface area (Å²) < 4.78 is 63.2. The number of alkyl halides is 1. The molecular weight excluding hydrogens is 438 g/mol.